The number of nitrogens with zero attached hydrogens (tertiary/aromatic N) is 2. The highest BCUT2D eigenvalue weighted by Crippen LogP contribution is 2.34. The number of aromatic nitrogens is 1. The van der Waals surface area contributed by atoms with Crippen molar-refractivity contribution in [2.45, 2.75) is 25.3 Å². The van der Waals surface area contributed by atoms with Gasteiger partial charge in [-0.2, -0.15) is 0 Å². The Morgan fingerprint density at radius 2 is 1.88 bits per heavy atom. The number of fused-ring (bicyclic) bond motifs is 1. The predicted octanol–water partition coefficient (Wildman–Crippen LogP) is 4.91. The van der Waals surface area contributed by atoms with E-state index in [-0.39, 0.29) is 12.6 Å². The molecule has 1 aliphatic heterocycles. The number of aliphatic hydroxyl groups is 1. The second-order valence-electron chi connectivity index (χ2n) is 6.58. The van der Waals surface area contributed by atoms with Crippen molar-refractivity contribution in [3.05, 3.63) is 59.6 Å². The van der Waals surface area contributed by atoms with Crippen LogP contribution in [0.3, 0.4) is 0 Å². The van der Waals surface area contributed by atoms with E-state index in [9.17, 15) is 5.11 Å². The lowest BCUT2D eigenvalue weighted by atomic mass is 9.99. The minimum absolute atomic E-state index is 0.178. The third-order valence-electron chi connectivity index (χ3n) is 4.98. The lowest BCUT2D eigenvalue weighted by Gasteiger charge is -2.37. The van der Waals surface area contributed by atoms with Gasteiger partial charge in [0, 0.05) is 28.2 Å². The molecule has 2 aromatic carbocycles. The summed E-state index contributed by atoms with van der Waals surface area (Å²) in [5.74, 6) is 0. The molecule has 1 aromatic heterocycles. The van der Waals surface area contributed by atoms with Gasteiger partial charge in [-0.15, -0.1) is 0 Å². The number of pyridine rings is 1. The average Bonchev–Trinajstić information content (AvgIpc) is 2.67. The molecule has 3 nitrogen and oxygen atoms in total. The van der Waals surface area contributed by atoms with E-state index in [1.54, 1.807) is 0 Å². The van der Waals surface area contributed by atoms with Crippen molar-refractivity contribution in [1.82, 2.24) is 4.98 Å². The Hall–Kier alpha value is -2.10. The Labute approximate surface area is 152 Å². The minimum atomic E-state index is 0.178. The number of aliphatic hydroxyl groups excluding tert-OH is 1. The summed E-state index contributed by atoms with van der Waals surface area (Å²) < 4.78 is 0. The molecule has 1 atom stereocenters. The van der Waals surface area contributed by atoms with Crippen LogP contribution < -0.4 is 4.90 Å². The van der Waals surface area contributed by atoms with E-state index >= 15 is 0 Å². The molecular weight excluding hydrogens is 332 g/mol. The second-order valence-corrected chi connectivity index (χ2v) is 7.01. The van der Waals surface area contributed by atoms with Gasteiger partial charge in [0.2, 0.25) is 0 Å². The van der Waals surface area contributed by atoms with Crippen molar-refractivity contribution < 1.29 is 5.11 Å². The van der Waals surface area contributed by atoms with Crippen LogP contribution in [0.2, 0.25) is 5.02 Å². The number of benzene rings is 2. The normalized spacial score (nSPS) is 17.8. The molecule has 3 aromatic rings. The average molecular weight is 353 g/mol. The molecule has 0 saturated carbocycles. The van der Waals surface area contributed by atoms with Crippen LogP contribution in [-0.4, -0.2) is 29.3 Å². The van der Waals surface area contributed by atoms with Gasteiger partial charge in [-0.3, -0.25) is 0 Å². The molecule has 4 rings (SSSR count). The van der Waals surface area contributed by atoms with E-state index in [0.29, 0.717) is 0 Å². The van der Waals surface area contributed by atoms with E-state index in [0.717, 1.165) is 52.3 Å². The smallest absolute Gasteiger partial charge is 0.0730 e. The fourth-order valence-electron chi connectivity index (χ4n) is 3.67. The summed E-state index contributed by atoms with van der Waals surface area (Å²) >= 11 is 6.03. The van der Waals surface area contributed by atoms with Gasteiger partial charge in [0.05, 0.1) is 23.9 Å². The molecule has 0 bridgehead atoms. The summed E-state index contributed by atoms with van der Waals surface area (Å²) in [6, 6.07) is 18.4. The molecule has 1 aliphatic rings. The first-order valence-electron chi connectivity index (χ1n) is 8.79. The van der Waals surface area contributed by atoms with Crippen LogP contribution >= 0.6 is 11.6 Å². The van der Waals surface area contributed by atoms with Gasteiger partial charge in [0.25, 0.3) is 0 Å². The highest BCUT2D eigenvalue weighted by atomic mass is 35.5. The topological polar surface area (TPSA) is 36.4 Å². The minimum Gasteiger partial charge on any atom is -0.394 e. The van der Waals surface area contributed by atoms with E-state index in [1.807, 2.05) is 36.4 Å². The molecule has 1 N–H and O–H groups in total. The maximum absolute atomic E-state index is 9.84. The standard InChI is InChI=1S/C21H21ClN2O/c22-16-10-8-15(9-11-16)20-13-21(18-6-1-2-7-19(18)23-20)24-12-4-3-5-17(24)14-25/h1-2,6-11,13,17,25H,3-5,12,14H2/t17-/m1/s1. The number of para-hydroxylation sites is 1. The van der Waals surface area contributed by atoms with Gasteiger partial charge >= 0.3 is 0 Å². The maximum Gasteiger partial charge on any atom is 0.0730 e. The fraction of sp³-hybridized carbons (Fsp3) is 0.286. The zero-order valence-electron chi connectivity index (χ0n) is 14.0. The van der Waals surface area contributed by atoms with Crippen LogP contribution in [0.4, 0.5) is 5.69 Å². The summed E-state index contributed by atoms with van der Waals surface area (Å²) in [5.41, 5.74) is 4.13. The van der Waals surface area contributed by atoms with E-state index < -0.39 is 0 Å². The highest BCUT2D eigenvalue weighted by molar-refractivity contribution is 6.30. The Balaban J connectivity index is 1.88. The third-order valence-corrected chi connectivity index (χ3v) is 5.23. The van der Waals surface area contributed by atoms with Crippen LogP contribution in [0.1, 0.15) is 19.3 Å². The lowest BCUT2D eigenvalue weighted by Crippen LogP contribution is -2.42. The van der Waals surface area contributed by atoms with Crippen molar-refractivity contribution in [2.75, 3.05) is 18.1 Å². The van der Waals surface area contributed by atoms with Gasteiger partial charge in [-0.25, -0.2) is 4.98 Å². The second kappa shape index (κ2) is 7.03. The number of rotatable bonds is 3. The molecule has 1 saturated heterocycles. The molecule has 0 amide bonds. The van der Waals surface area contributed by atoms with E-state index in [2.05, 4.69) is 23.1 Å². The Kier molecular flexibility index (Phi) is 4.60. The van der Waals surface area contributed by atoms with Gasteiger partial charge in [-0.1, -0.05) is 41.9 Å². The Bertz CT molecular complexity index is 879. The fourth-order valence-corrected chi connectivity index (χ4v) is 3.80. The molecule has 128 valence electrons. The number of anilines is 1. The van der Waals surface area contributed by atoms with Crippen molar-refractivity contribution in [3.8, 4) is 11.3 Å². The number of hydrogen-bond acceptors (Lipinski definition) is 3. The molecule has 4 heteroatoms. The molecule has 25 heavy (non-hydrogen) atoms. The van der Waals surface area contributed by atoms with Crippen LogP contribution in [0.5, 0.6) is 0 Å². The zero-order valence-corrected chi connectivity index (χ0v) is 14.8. The Morgan fingerprint density at radius 3 is 2.68 bits per heavy atom. The Morgan fingerprint density at radius 1 is 1.08 bits per heavy atom. The lowest BCUT2D eigenvalue weighted by molar-refractivity contribution is 0.240. The van der Waals surface area contributed by atoms with Crippen molar-refractivity contribution in [1.29, 1.82) is 0 Å². The first-order valence-corrected chi connectivity index (χ1v) is 9.17. The van der Waals surface area contributed by atoms with Gasteiger partial charge < -0.3 is 10.0 Å². The van der Waals surface area contributed by atoms with Crippen LogP contribution in [0.15, 0.2) is 54.6 Å². The third kappa shape index (κ3) is 3.22. The van der Waals surface area contributed by atoms with Crippen molar-refractivity contribution in [2.24, 2.45) is 0 Å². The van der Waals surface area contributed by atoms with E-state index in [4.69, 9.17) is 16.6 Å². The van der Waals surface area contributed by atoms with Gasteiger partial charge in [0.1, 0.15) is 0 Å². The van der Waals surface area contributed by atoms with Crippen molar-refractivity contribution >= 4 is 28.2 Å². The zero-order chi connectivity index (χ0) is 17.2. The van der Waals surface area contributed by atoms with Crippen LogP contribution in [0.25, 0.3) is 22.2 Å². The van der Waals surface area contributed by atoms with Gasteiger partial charge in [0.15, 0.2) is 0 Å². The molecular formula is C21H21ClN2O. The molecule has 1 fully saturated rings. The first kappa shape index (κ1) is 16.4. The maximum atomic E-state index is 9.84. The number of hydrogen-bond donors (Lipinski definition) is 1. The summed E-state index contributed by atoms with van der Waals surface area (Å²) in [4.78, 5) is 7.20. The van der Waals surface area contributed by atoms with Crippen molar-refractivity contribution in [3.63, 3.8) is 0 Å². The summed E-state index contributed by atoms with van der Waals surface area (Å²) in [6.45, 7) is 1.16. The molecule has 0 radical (unpaired) electrons. The largest absolute Gasteiger partial charge is 0.394 e. The highest BCUT2D eigenvalue weighted by Gasteiger charge is 2.24. The molecule has 0 unspecified atom stereocenters. The molecule has 0 spiro atoms. The predicted molar refractivity (Wildman–Crippen MR) is 104 cm³/mol. The quantitative estimate of drug-likeness (QED) is 0.727. The molecule has 2 heterocycles. The van der Waals surface area contributed by atoms with Crippen LogP contribution in [0, 0.1) is 0 Å². The number of piperidine rings is 1. The number of halogens is 1. The van der Waals surface area contributed by atoms with Crippen LogP contribution in [-0.2, 0) is 0 Å². The SMILES string of the molecule is OC[C@H]1CCCCN1c1cc(-c2ccc(Cl)cc2)nc2ccccc12. The monoisotopic (exact) mass is 352 g/mol. The summed E-state index contributed by atoms with van der Waals surface area (Å²) in [7, 11) is 0. The summed E-state index contributed by atoms with van der Waals surface area (Å²) in [6.07, 6.45) is 3.36. The first-order chi connectivity index (χ1) is 12.3. The van der Waals surface area contributed by atoms with E-state index in [1.165, 1.54) is 6.42 Å². The summed E-state index contributed by atoms with van der Waals surface area (Å²) in [5, 5.41) is 11.7. The van der Waals surface area contributed by atoms with Gasteiger partial charge in [-0.05, 0) is 43.5 Å². The molecule has 0 aliphatic carbocycles.